The number of piperidine rings is 1. The normalized spacial score (nSPS) is 18.5. The van der Waals surface area contributed by atoms with Gasteiger partial charge in [-0.15, -0.1) is 0 Å². The van der Waals surface area contributed by atoms with Crippen LogP contribution in [0, 0.1) is 0 Å². The smallest absolute Gasteiger partial charge is 0.410 e. The van der Waals surface area contributed by atoms with E-state index in [4.69, 9.17) is 13.9 Å². The van der Waals surface area contributed by atoms with Gasteiger partial charge in [-0.25, -0.2) is 9.59 Å². The van der Waals surface area contributed by atoms with E-state index in [2.05, 4.69) is 0 Å². The van der Waals surface area contributed by atoms with Crippen molar-refractivity contribution in [1.29, 1.82) is 0 Å². The number of cyclic esters (lactones) is 1. The van der Waals surface area contributed by atoms with Gasteiger partial charge < -0.3 is 23.7 Å². The Balaban J connectivity index is 1.39. The molecule has 3 heterocycles. The van der Waals surface area contributed by atoms with Crippen LogP contribution >= 0.6 is 0 Å². The van der Waals surface area contributed by atoms with Crippen molar-refractivity contribution in [3.05, 3.63) is 40.2 Å². The van der Waals surface area contributed by atoms with E-state index in [1.165, 1.54) is 6.07 Å². The van der Waals surface area contributed by atoms with Crippen molar-refractivity contribution >= 4 is 23.0 Å². The maximum Gasteiger partial charge on any atom is 0.410 e. The van der Waals surface area contributed by atoms with Gasteiger partial charge in [0.05, 0.1) is 6.54 Å². The topological polar surface area (TPSA) is 89.3 Å². The first-order valence-corrected chi connectivity index (χ1v) is 10.4. The van der Waals surface area contributed by atoms with E-state index in [9.17, 15) is 14.4 Å². The molecule has 1 atom stereocenters. The van der Waals surface area contributed by atoms with Crippen LogP contribution in [-0.4, -0.2) is 60.2 Å². The van der Waals surface area contributed by atoms with Crippen molar-refractivity contribution in [1.82, 2.24) is 9.80 Å². The summed E-state index contributed by atoms with van der Waals surface area (Å²) < 4.78 is 16.2. The Hall–Kier alpha value is -3.03. The Morgan fingerprint density at radius 3 is 2.63 bits per heavy atom. The summed E-state index contributed by atoms with van der Waals surface area (Å²) in [5, 5.41) is 0.867. The molecule has 0 spiro atoms. The van der Waals surface area contributed by atoms with Gasteiger partial charge in [0.1, 0.15) is 17.9 Å². The highest BCUT2D eigenvalue weighted by Gasteiger charge is 2.34. The molecule has 0 bridgehead atoms. The van der Waals surface area contributed by atoms with Crippen molar-refractivity contribution in [2.24, 2.45) is 0 Å². The number of hydrogen-bond acceptors (Lipinski definition) is 6. The number of carbonyl (C=O) groups excluding carboxylic acids is 2. The van der Waals surface area contributed by atoms with Crippen molar-refractivity contribution in [3.63, 3.8) is 0 Å². The Labute approximate surface area is 174 Å². The minimum absolute atomic E-state index is 0.0960. The van der Waals surface area contributed by atoms with Crippen LogP contribution in [-0.2, 0) is 16.0 Å². The number of rotatable bonds is 5. The average molecular weight is 414 g/mol. The number of nitrogens with zero attached hydrogens (tertiary/aromatic N) is 2. The summed E-state index contributed by atoms with van der Waals surface area (Å²) >= 11 is 0. The molecule has 1 aromatic heterocycles. The van der Waals surface area contributed by atoms with E-state index >= 15 is 0 Å². The molecule has 0 saturated carbocycles. The van der Waals surface area contributed by atoms with Crippen LogP contribution in [0.1, 0.15) is 32.3 Å². The number of likely N-dealkylation sites (tertiary alicyclic amines) is 1. The lowest BCUT2D eigenvalue weighted by atomic mass is 10.0. The summed E-state index contributed by atoms with van der Waals surface area (Å²) in [4.78, 5) is 39.9. The number of benzene rings is 1. The Morgan fingerprint density at radius 1 is 1.20 bits per heavy atom. The molecule has 30 heavy (non-hydrogen) atoms. The molecule has 0 N–H and O–H groups in total. The second kappa shape index (κ2) is 8.38. The Bertz CT molecular complexity index is 1010. The summed E-state index contributed by atoms with van der Waals surface area (Å²) in [7, 11) is 0. The van der Waals surface area contributed by atoms with Gasteiger partial charge in [0.15, 0.2) is 6.10 Å². The van der Waals surface area contributed by atoms with Gasteiger partial charge >= 0.3 is 11.7 Å². The predicted molar refractivity (Wildman–Crippen MR) is 110 cm³/mol. The van der Waals surface area contributed by atoms with Crippen molar-refractivity contribution in [2.75, 3.05) is 26.2 Å². The third kappa shape index (κ3) is 3.99. The third-order valence-corrected chi connectivity index (χ3v) is 5.85. The average Bonchev–Trinajstić information content (AvgIpc) is 3.18. The fourth-order valence-corrected chi connectivity index (χ4v) is 4.22. The van der Waals surface area contributed by atoms with E-state index in [1.54, 1.807) is 28.9 Å². The fraction of sp³-hybridized carbons (Fsp3) is 0.500. The van der Waals surface area contributed by atoms with Gasteiger partial charge in [0.25, 0.3) is 5.91 Å². The number of ether oxygens (including phenoxy) is 2. The minimum atomic E-state index is -0.670. The molecule has 1 unspecified atom stereocenters. The largest absolute Gasteiger partial charge is 0.481 e. The third-order valence-electron chi connectivity index (χ3n) is 5.85. The predicted octanol–water partition coefficient (Wildman–Crippen LogP) is 2.57. The van der Waals surface area contributed by atoms with Gasteiger partial charge in [-0.3, -0.25) is 4.79 Å². The first-order chi connectivity index (χ1) is 14.5. The lowest BCUT2D eigenvalue weighted by Crippen LogP contribution is -2.49. The second-order valence-electron chi connectivity index (χ2n) is 7.73. The van der Waals surface area contributed by atoms with Crippen LogP contribution in [0.25, 0.3) is 11.0 Å². The fourth-order valence-electron chi connectivity index (χ4n) is 4.22. The van der Waals surface area contributed by atoms with Crippen LogP contribution in [0.5, 0.6) is 5.75 Å². The molecule has 8 nitrogen and oxygen atoms in total. The molecule has 0 aliphatic carbocycles. The van der Waals surface area contributed by atoms with E-state index < -0.39 is 11.7 Å². The SMILES string of the molecule is CCc1cc(=O)oc2cc(OC(C)C(=O)N3CCC(N4CCOC4=O)CC3)ccc12. The zero-order chi connectivity index (χ0) is 21.3. The molecule has 2 fully saturated rings. The Morgan fingerprint density at radius 2 is 1.97 bits per heavy atom. The number of fused-ring (bicyclic) bond motifs is 1. The van der Waals surface area contributed by atoms with Gasteiger partial charge in [0.2, 0.25) is 0 Å². The first kappa shape index (κ1) is 20.3. The quantitative estimate of drug-likeness (QED) is 0.699. The maximum absolute atomic E-state index is 12.8. The highest BCUT2D eigenvalue weighted by atomic mass is 16.6. The molecular weight excluding hydrogens is 388 g/mol. The molecule has 2 aromatic rings. The standard InChI is InChI=1S/C22H26N2O6/c1-3-15-12-20(25)30-19-13-17(4-5-18(15)19)29-14(2)21(26)23-8-6-16(7-9-23)24-10-11-28-22(24)27/h4-5,12-14,16H,3,6-11H2,1-2H3. The summed E-state index contributed by atoms with van der Waals surface area (Å²) in [6.45, 7) is 5.91. The zero-order valence-corrected chi connectivity index (χ0v) is 17.3. The molecule has 8 heteroatoms. The van der Waals surface area contributed by atoms with E-state index in [0.717, 1.165) is 30.2 Å². The van der Waals surface area contributed by atoms with Crippen LogP contribution in [0.3, 0.4) is 0 Å². The summed E-state index contributed by atoms with van der Waals surface area (Å²) in [5.74, 6) is 0.385. The number of carbonyl (C=O) groups is 2. The molecule has 0 radical (unpaired) electrons. The lowest BCUT2D eigenvalue weighted by Gasteiger charge is -2.36. The molecular formula is C22H26N2O6. The molecule has 4 rings (SSSR count). The number of hydrogen-bond donors (Lipinski definition) is 0. The monoisotopic (exact) mass is 414 g/mol. The second-order valence-corrected chi connectivity index (χ2v) is 7.73. The van der Waals surface area contributed by atoms with Gasteiger partial charge in [-0.1, -0.05) is 6.92 Å². The lowest BCUT2D eigenvalue weighted by molar-refractivity contribution is -0.139. The van der Waals surface area contributed by atoms with Crippen molar-refractivity contribution < 1.29 is 23.5 Å². The molecule has 2 aliphatic rings. The molecule has 1 aromatic carbocycles. The van der Waals surface area contributed by atoms with Crippen molar-refractivity contribution in [2.45, 2.75) is 45.3 Å². The van der Waals surface area contributed by atoms with Gasteiger partial charge in [0, 0.05) is 36.7 Å². The van der Waals surface area contributed by atoms with E-state index in [-0.39, 0.29) is 18.0 Å². The molecule has 2 saturated heterocycles. The highest BCUT2D eigenvalue weighted by molar-refractivity contribution is 5.83. The first-order valence-electron chi connectivity index (χ1n) is 10.4. The minimum Gasteiger partial charge on any atom is -0.481 e. The van der Waals surface area contributed by atoms with Crippen LogP contribution < -0.4 is 10.4 Å². The number of aryl methyl sites for hydroxylation is 1. The summed E-state index contributed by atoms with van der Waals surface area (Å²) in [6, 6.07) is 6.92. The van der Waals surface area contributed by atoms with E-state index in [1.807, 2.05) is 13.0 Å². The number of amides is 2. The van der Waals surface area contributed by atoms with Gasteiger partial charge in [-0.2, -0.15) is 0 Å². The maximum atomic E-state index is 12.8. The van der Waals surface area contributed by atoms with Crippen LogP contribution in [0.2, 0.25) is 0 Å². The summed E-state index contributed by atoms with van der Waals surface area (Å²) in [6.07, 6.45) is 1.26. The van der Waals surface area contributed by atoms with Gasteiger partial charge in [-0.05, 0) is 43.9 Å². The summed E-state index contributed by atoms with van der Waals surface area (Å²) in [5.41, 5.74) is 0.974. The zero-order valence-electron chi connectivity index (χ0n) is 17.3. The van der Waals surface area contributed by atoms with Crippen LogP contribution in [0.4, 0.5) is 4.79 Å². The van der Waals surface area contributed by atoms with E-state index in [0.29, 0.717) is 37.6 Å². The Kier molecular flexibility index (Phi) is 5.65. The molecule has 2 aliphatic heterocycles. The molecule has 160 valence electrons. The van der Waals surface area contributed by atoms with Crippen molar-refractivity contribution in [3.8, 4) is 5.75 Å². The highest BCUT2D eigenvalue weighted by Crippen LogP contribution is 2.25. The molecule has 2 amide bonds. The van der Waals surface area contributed by atoms with Crippen LogP contribution in [0.15, 0.2) is 33.5 Å².